The summed E-state index contributed by atoms with van der Waals surface area (Å²) in [5.41, 5.74) is 0.644. The number of benzene rings is 1. The molecule has 0 atom stereocenters. The van der Waals surface area contributed by atoms with Gasteiger partial charge in [-0.05, 0) is 34.1 Å². The van der Waals surface area contributed by atoms with Crippen molar-refractivity contribution in [3.05, 3.63) is 40.9 Å². The van der Waals surface area contributed by atoms with E-state index in [2.05, 4.69) is 33.1 Å². The summed E-state index contributed by atoms with van der Waals surface area (Å²) in [6.45, 7) is 3.83. The number of aromatic carboxylic acids is 1. The summed E-state index contributed by atoms with van der Waals surface area (Å²) in [5, 5.41) is 13.9. The maximum atomic E-state index is 11.3. The maximum absolute atomic E-state index is 11.3. The second-order valence-electron chi connectivity index (χ2n) is 3.12. The first-order valence-corrected chi connectivity index (χ1v) is 5.52. The third kappa shape index (κ3) is 3.92. The molecular formula is C11H11BrN2O3. The van der Waals surface area contributed by atoms with E-state index in [1.165, 1.54) is 18.2 Å². The van der Waals surface area contributed by atoms with Gasteiger partial charge in [0.25, 0.3) is 0 Å². The van der Waals surface area contributed by atoms with Crippen LogP contribution in [0.3, 0.4) is 0 Å². The monoisotopic (exact) mass is 298 g/mol. The van der Waals surface area contributed by atoms with Crippen LogP contribution in [0.25, 0.3) is 0 Å². The van der Waals surface area contributed by atoms with E-state index in [0.29, 0.717) is 16.7 Å². The topological polar surface area (TPSA) is 78.4 Å². The number of urea groups is 1. The van der Waals surface area contributed by atoms with E-state index in [9.17, 15) is 9.59 Å². The first-order chi connectivity index (χ1) is 8.04. The Morgan fingerprint density at radius 2 is 2.18 bits per heavy atom. The molecule has 0 aromatic heterocycles. The fourth-order valence-corrected chi connectivity index (χ4v) is 1.56. The predicted molar refractivity (Wildman–Crippen MR) is 68.3 cm³/mol. The number of rotatable bonds is 4. The predicted octanol–water partition coefficient (Wildman–Crippen LogP) is 2.45. The average molecular weight is 299 g/mol. The van der Waals surface area contributed by atoms with Crippen molar-refractivity contribution in [3.63, 3.8) is 0 Å². The van der Waals surface area contributed by atoms with E-state index in [0.717, 1.165) is 0 Å². The zero-order valence-corrected chi connectivity index (χ0v) is 10.5. The molecule has 5 nitrogen and oxygen atoms in total. The number of carbonyl (C=O) groups excluding carboxylic acids is 1. The lowest BCUT2D eigenvalue weighted by atomic mass is 10.2. The van der Waals surface area contributed by atoms with Crippen molar-refractivity contribution >= 4 is 33.6 Å². The highest BCUT2D eigenvalue weighted by Crippen LogP contribution is 2.23. The van der Waals surface area contributed by atoms with E-state index in [4.69, 9.17) is 5.11 Å². The highest BCUT2D eigenvalue weighted by atomic mass is 79.9. The Morgan fingerprint density at radius 1 is 1.47 bits per heavy atom. The molecule has 1 rings (SSSR count). The second kappa shape index (κ2) is 6.05. The molecule has 0 spiro atoms. The van der Waals surface area contributed by atoms with Gasteiger partial charge in [0, 0.05) is 11.0 Å². The minimum absolute atomic E-state index is 0.147. The van der Waals surface area contributed by atoms with Crippen LogP contribution in [0.4, 0.5) is 10.5 Å². The number of carboxylic acid groups (broad SMARTS) is 1. The molecule has 6 heteroatoms. The number of hydrogen-bond acceptors (Lipinski definition) is 2. The highest BCUT2D eigenvalue weighted by molar-refractivity contribution is 9.10. The third-order valence-corrected chi connectivity index (χ3v) is 2.53. The quantitative estimate of drug-likeness (QED) is 0.747. The zero-order valence-electron chi connectivity index (χ0n) is 8.87. The van der Waals surface area contributed by atoms with E-state index in [1.807, 2.05) is 0 Å². The maximum Gasteiger partial charge on any atom is 0.335 e. The van der Waals surface area contributed by atoms with Crippen molar-refractivity contribution in [1.82, 2.24) is 5.32 Å². The van der Waals surface area contributed by atoms with Gasteiger partial charge in [0.2, 0.25) is 0 Å². The average Bonchev–Trinajstić information content (AvgIpc) is 2.28. The summed E-state index contributed by atoms with van der Waals surface area (Å²) in [5.74, 6) is -1.02. The first kappa shape index (κ1) is 13.2. The molecule has 2 amide bonds. The fraction of sp³-hybridized carbons (Fsp3) is 0.0909. The van der Waals surface area contributed by atoms with Crippen LogP contribution < -0.4 is 10.6 Å². The van der Waals surface area contributed by atoms with Crippen LogP contribution in [0, 0.1) is 0 Å². The molecule has 0 fully saturated rings. The van der Waals surface area contributed by atoms with Crippen LogP contribution >= 0.6 is 15.9 Å². The van der Waals surface area contributed by atoms with Gasteiger partial charge in [-0.1, -0.05) is 6.08 Å². The van der Waals surface area contributed by atoms with E-state index >= 15 is 0 Å². The molecule has 1 aromatic rings. The van der Waals surface area contributed by atoms with Crippen molar-refractivity contribution in [2.75, 3.05) is 11.9 Å². The lowest BCUT2D eigenvalue weighted by molar-refractivity contribution is 0.0697. The molecule has 0 aliphatic carbocycles. The number of hydrogen-bond donors (Lipinski definition) is 3. The number of halogens is 1. The molecular weight excluding hydrogens is 288 g/mol. The standard InChI is InChI=1S/C11H11BrN2O3/c1-2-5-13-11(17)14-9-4-3-7(10(15)16)6-8(9)12/h2-4,6H,1,5H2,(H,15,16)(H2,13,14,17). The number of amides is 2. The lowest BCUT2D eigenvalue weighted by Gasteiger charge is -2.08. The first-order valence-electron chi connectivity index (χ1n) is 4.73. The Hall–Kier alpha value is -1.82. The minimum Gasteiger partial charge on any atom is -0.478 e. The number of carbonyl (C=O) groups is 2. The summed E-state index contributed by atoms with van der Waals surface area (Å²) in [6.07, 6.45) is 1.56. The Bertz CT molecular complexity index is 460. The van der Waals surface area contributed by atoms with Gasteiger partial charge in [0.05, 0.1) is 11.3 Å². The molecule has 0 unspecified atom stereocenters. The smallest absolute Gasteiger partial charge is 0.335 e. The molecule has 17 heavy (non-hydrogen) atoms. The molecule has 0 bridgehead atoms. The van der Waals surface area contributed by atoms with Crippen LogP contribution in [-0.2, 0) is 0 Å². The van der Waals surface area contributed by atoms with Crippen molar-refractivity contribution < 1.29 is 14.7 Å². The molecule has 3 N–H and O–H groups in total. The van der Waals surface area contributed by atoms with E-state index in [1.54, 1.807) is 6.08 Å². The Balaban J connectivity index is 2.75. The second-order valence-corrected chi connectivity index (χ2v) is 3.98. The molecule has 0 saturated carbocycles. The van der Waals surface area contributed by atoms with Crippen molar-refractivity contribution in [3.8, 4) is 0 Å². The summed E-state index contributed by atoms with van der Waals surface area (Å²) in [6, 6.07) is 3.97. The van der Waals surface area contributed by atoms with Gasteiger partial charge in [-0.3, -0.25) is 0 Å². The van der Waals surface area contributed by atoms with E-state index < -0.39 is 5.97 Å². The summed E-state index contributed by atoms with van der Waals surface area (Å²) in [4.78, 5) is 22.0. The fourth-order valence-electron chi connectivity index (χ4n) is 1.08. The number of carboxylic acids is 1. The number of anilines is 1. The molecule has 0 radical (unpaired) electrons. The van der Waals surface area contributed by atoms with Crippen LogP contribution in [0.5, 0.6) is 0 Å². The molecule has 0 heterocycles. The Kier molecular flexibility index (Phi) is 4.71. The van der Waals surface area contributed by atoms with Crippen LogP contribution in [0.15, 0.2) is 35.3 Å². The van der Waals surface area contributed by atoms with Crippen LogP contribution in [0.1, 0.15) is 10.4 Å². The summed E-state index contributed by atoms with van der Waals surface area (Å²) >= 11 is 3.19. The summed E-state index contributed by atoms with van der Waals surface area (Å²) < 4.78 is 0.506. The molecule has 1 aromatic carbocycles. The Morgan fingerprint density at radius 3 is 2.71 bits per heavy atom. The largest absolute Gasteiger partial charge is 0.478 e. The SMILES string of the molecule is C=CCNC(=O)Nc1ccc(C(=O)O)cc1Br. The van der Waals surface area contributed by atoms with Gasteiger partial charge in [-0.15, -0.1) is 6.58 Å². The van der Waals surface area contributed by atoms with Crippen molar-refractivity contribution in [1.29, 1.82) is 0 Å². The van der Waals surface area contributed by atoms with Gasteiger partial charge in [-0.2, -0.15) is 0 Å². The van der Waals surface area contributed by atoms with Crippen molar-refractivity contribution in [2.45, 2.75) is 0 Å². The molecule has 0 aliphatic rings. The third-order valence-electron chi connectivity index (χ3n) is 1.87. The molecule has 90 valence electrons. The van der Waals surface area contributed by atoms with Gasteiger partial charge in [0.1, 0.15) is 0 Å². The van der Waals surface area contributed by atoms with E-state index in [-0.39, 0.29) is 11.6 Å². The van der Waals surface area contributed by atoms with Crippen molar-refractivity contribution in [2.24, 2.45) is 0 Å². The normalized spacial score (nSPS) is 9.47. The molecule has 0 aliphatic heterocycles. The zero-order chi connectivity index (χ0) is 12.8. The number of nitrogens with one attached hydrogen (secondary N) is 2. The minimum atomic E-state index is -1.02. The lowest BCUT2D eigenvalue weighted by Crippen LogP contribution is -2.28. The molecule has 0 saturated heterocycles. The Labute approximate surface area is 107 Å². The van der Waals surface area contributed by atoms with Gasteiger partial charge < -0.3 is 15.7 Å². The highest BCUT2D eigenvalue weighted by Gasteiger charge is 2.08. The van der Waals surface area contributed by atoms with Crippen LogP contribution in [-0.4, -0.2) is 23.7 Å². The van der Waals surface area contributed by atoms with Gasteiger partial charge in [0.15, 0.2) is 0 Å². The van der Waals surface area contributed by atoms with Gasteiger partial charge >= 0.3 is 12.0 Å². The summed E-state index contributed by atoms with van der Waals surface area (Å²) in [7, 11) is 0. The van der Waals surface area contributed by atoms with Crippen LogP contribution in [0.2, 0.25) is 0 Å². The van der Waals surface area contributed by atoms with Gasteiger partial charge in [-0.25, -0.2) is 9.59 Å².